The monoisotopic (exact) mass is 445 g/mol. The molecule has 3 rings (SSSR count). The van der Waals surface area contributed by atoms with E-state index in [2.05, 4.69) is 20.3 Å². The summed E-state index contributed by atoms with van der Waals surface area (Å²) in [5.74, 6) is -1.36. The largest absolute Gasteiger partial charge is 0.451 e. The number of nitrogens with one attached hydrogen (secondary N) is 1. The van der Waals surface area contributed by atoms with E-state index in [9.17, 15) is 26.3 Å². The molecule has 2 N–H and O–H groups in total. The van der Waals surface area contributed by atoms with Gasteiger partial charge in [0.1, 0.15) is 10.7 Å². The first-order valence-electron chi connectivity index (χ1n) is 8.54. The fourth-order valence-electron chi connectivity index (χ4n) is 2.30. The third-order valence-corrected chi connectivity index (χ3v) is 4.60. The van der Waals surface area contributed by atoms with E-state index < -0.39 is 23.2 Å². The van der Waals surface area contributed by atoms with Gasteiger partial charge in [0.15, 0.2) is 0 Å². The van der Waals surface area contributed by atoms with Gasteiger partial charge in [-0.3, -0.25) is 0 Å². The van der Waals surface area contributed by atoms with Gasteiger partial charge in [-0.25, -0.2) is 15.0 Å². The van der Waals surface area contributed by atoms with Crippen molar-refractivity contribution in [3.63, 3.8) is 0 Å². The number of halogens is 6. The maximum Gasteiger partial charge on any atom is 0.451 e. The van der Waals surface area contributed by atoms with Gasteiger partial charge in [0.05, 0.1) is 0 Å². The predicted octanol–water partition coefficient (Wildman–Crippen LogP) is 3.68. The highest BCUT2D eigenvalue weighted by molar-refractivity contribution is 7.16. The van der Waals surface area contributed by atoms with E-state index in [1.54, 1.807) is 4.90 Å². The highest BCUT2D eigenvalue weighted by Crippen LogP contribution is 2.42. The van der Waals surface area contributed by atoms with Crippen LogP contribution < -0.4 is 10.2 Å². The van der Waals surface area contributed by atoms with Crippen molar-refractivity contribution in [2.75, 3.05) is 38.2 Å². The molecule has 1 aliphatic rings. The Kier molecular flexibility index (Phi) is 9.23. The van der Waals surface area contributed by atoms with Gasteiger partial charge in [0, 0.05) is 51.2 Å². The van der Waals surface area contributed by atoms with Crippen molar-refractivity contribution < 1.29 is 31.4 Å². The number of hydrogen-bond donors (Lipinski definition) is 2. The van der Waals surface area contributed by atoms with Crippen LogP contribution in [0, 0.1) is 0 Å². The Hall–Kier alpha value is -1.99. The zero-order valence-corrected chi connectivity index (χ0v) is 16.7. The molecule has 2 aromatic rings. The quantitative estimate of drug-likeness (QED) is 0.687. The number of aromatic nitrogens is 3. The molecule has 0 atom stereocenters. The Balaban J connectivity index is 0.000000989. The van der Waals surface area contributed by atoms with Crippen molar-refractivity contribution in [1.82, 2.24) is 20.3 Å². The highest BCUT2D eigenvalue weighted by atomic mass is 32.1. The van der Waals surface area contributed by atoms with E-state index in [1.807, 2.05) is 13.8 Å². The van der Waals surface area contributed by atoms with Gasteiger partial charge in [0.2, 0.25) is 10.8 Å². The summed E-state index contributed by atoms with van der Waals surface area (Å²) < 4.78 is 76.7. The second kappa shape index (κ2) is 10.7. The minimum Gasteiger partial charge on any atom is -0.400 e. The molecule has 0 aliphatic carbocycles. The van der Waals surface area contributed by atoms with E-state index in [0.717, 1.165) is 19.5 Å². The second-order valence-electron chi connectivity index (χ2n) is 5.20. The number of hydrogen-bond acceptors (Lipinski definition) is 7. The van der Waals surface area contributed by atoms with Gasteiger partial charge in [-0.05, 0) is 0 Å². The number of piperazine rings is 1. The molecule has 2 aromatic heterocycles. The standard InChI is InChI=1S/C13H11F6N5S.C2H6.CH4O/c14-12(15,16)10-21-5-7(6-22-10)8-9(24-3-1-20-2-4-24)25-11(23-8)13(17,18)19;2*1-2/h5-6,20H,1-4H2;1-2H3;2H,1H3. The minimum absolute atomic E-state index is 0.00767. The van der Waals surface area contributed by atoms with Gasteiger partial charge >= 0.3 is 12.4 Å². The fraction of sp³-hybridized carbons (Fsp3) is 0.562. The zero-order chi connectivity index (χ0) is 22.2. The average Bonchev–Trinajstić information content (AvgIpc) is 3.17. The first-order chi connectivity index (χ1) is 13.7. The van der Waals surface area contributed by atoms with Gasteiger partial charge in [0.25, 0.3) is 0 Å². The van der Waals surface area contributed by atoms with Crippen molar-refractivity contribution in [3.05, 3.63) is 23.2 Å². The summed E-state index contributed by atoms with van der Waals surface area (Å²) in [4.78, 5) is 11.7. The van der Waals surface area contributed by atoms with Crippen LogP contribution >= 0.6 is 11.3 Å². The third-order valence-electron chi connectivity index (χ3n) is 3.43. The van der Waals surface area contributed by atoms with Gasteiger partial charge in [-0.15, -0.1) is 0 Å². The lowest BCUT2D eigenvalue weighted by molar-refractivity contribution is -0.145. The van der Waals surface area contributed by atoms with Crippen LogP contribution in [0.2, 0.25) is 0 Å². The molecule has 6 nitrogen and oxygen atoms in total. The molecule has 0 amide bonds. The number of nitrogens with zero attached hydrogens (tertiary/aromatic N) is 4. The molecule has 0 spiro atoms. The van der Waals surface area contributed by atoms with Gasteiger partial charge in [-0.2, -0.15) is 26.3 Å². The number of rotatable bonds is 2. The Morgan fingerprint density at radius 2 is 1.48 bits per heavy atom. The van der Waals surface area contributed by atoms with E-state index in [4.69, 9.17) is 5.11 Å². The molecule has 0 bridgehead atoms. The minimum atomic E-state index is -4.72. The highest BCUT2D eigenvalue weighted by Gasteiger charge is 2.38. The molecule has 0 unspecified atom stereocenters. The first-order valence-corrected chi connectivity index (χ1v) is 9.36. The summed E-state index contributed by atoms with van der Waals surface area (Å²) in [5, 5.41) is 9.26. The predicted molar refractivity (Wildman–Crippen MR) is 97.7 cm³/mol. The van der Waals surface area contributed by atoms with Crippen LogP contribution in [-0.2, 0) is 12.4 Å². The molecule has 0 radical (unpaired) electrons. The fourth-order valence-corrected chi connectivity index (χ4v) is 3.31. The van der Waals surface area contributed by atoms with E-state index >= 15 is 0 Å². The third kappa shape index (κ3) is 6.51. The SMILES string of the molecule is CC.CO.FC(F)(F)c1ncc(-c2nc(C(F)(F)F)sc2N2CCNCC2)cn1. The molecule has 0 saturated carbocycles. The van der Waals surface area contributed by atoms with Crippen LogP contribution in [0.5, 0.6) is 0 Å². The van der Waals surface area contributed by atoms with Crippen molar-refractivity contribution in [1.29, 1.82) is 0 Å². The lowest BCUT2D eigenvalue weighted by Crippen LogP contribution is -2.43. The lowest BCUT2D eigenvalue weighted by atomic mass is 10.2. The molecule has 13 heteroatoms. The van der Waals surface area contributed by atoms with Gasteiger partial charge in [-0.1, -0.05) is 25.2 Å². The molecule has 1 fully saturated rings. The van der Waals surface area contributed by atoms with Crippen molar-refractivity contribution in [2.45, 2.75) is 26.2 Å². The van der Waals surface area contributed by atoms with Crippen LogP contribution in [-0.4, -0.2) is 53.3 Å². The number of anilines is 1. The molecular formula is C16H21F6N5OS. The summed E-state index contributed by atoms with van der Waals surface area (Å²) in [6, 6.07) is 0. The maximum absolute atomic E-state index is 13.0. The Morgan fingerprint density at radius 3 is 1.93 bits per heavy atom. The molecule has 1 aliphatic heterocycles. The molecular weight excluding hydrogens is 424 g/mol. The lowest BCUT2D eigenvalue weighted by Gasteiger charge is -2.28. The molecule has 29 heavy (non-hydrogen) atoms. The Bertz CT molecular complexity index is 742. The van der Waals surface area contributed by atoms with Crippen molar-refractivity contribution >= 4 is 16.3 Å². The van der Waals surface area contributed by atoms with Crippen LogP contribution in [0.15, 0.2) is 12.4 Å². The number of aliphatic hydroxyl groups is 1. The normalized spacial score (nSPS) is 14.5. The molecule has 3 heterocycles. The summed E-state index contributed by atoms with van der Waals surface area (Å²) in [6.07, 6.45) is -7.68. The molecule has 0 aromatic carbocycles. The summed E-state index contributed by atoms with van der Waals surface area (Å²) in [7, 11) is 1.00. The summed E-state index contributed by atoms with van der Waals surface area (Å²) in [6.45, 7) is 6.10. The zero-order valence-electron chi connectivity index (χ0n) is 15.9. The molecule has 164 valence electrons. The van der Waals surface area contributed by atoms with Crippen molar-refractivity contribution in [3.8, 4) is 11.3 Å². The first kappa shape index (κ1) is 25.0. The summed E-state index contributed by atoms with van der Waals surface area (Å²) in [5.41, 5.74) is -0.0544. The van der Waals surface area contributed by atoms with Crippen LogP contribution in [0.3, 0.4) is 0 Å². The van der Waals surface area contributed by atoms with Crippen LogP contribution in [0.4, 0.5) is 31.3 Å². The topological polar surface area (TPSA) is 74.2 Å². The number of alkyl halides is 6. The molecule has 1 saturated heterocycles. The Morgan fingerprint density at radius 1 is 0.966 bits per heavy atom. The summed E-state index contributed by atoms with van der Waals surface area (Å²) >= 11 is 0.462. The average molecular weight is 445 g/mol. The van der Waals surface area contributed by atoms with E-state index in [-0.39, 0.29) is 16.3 Å². The van der Waals surface area contributed by atoms with E-state index in [1.165, 1.54) is 0 Å². The van der Waals surface area contributed by atoms with Crippen LogP contribution in [0.25, 0.3) is 11.3 Å². The van der Waals surface area contributed by atoms with E-state index in [0.29, 0.717) is 37.5 Å². The number of aliphatic hydroxyl groups excluding tert-OH is 1. The second-order valence-corrected chi connectivity index (χ2v) is 6.18. The Labute approximate surface area is 167 Å². The smallest absolute Gasteiger partial charge is 0.400 e. The number of thiazole rings is 1. The van der Waals surface area contributed by atoms with Crippen LogP contribution in [0.1, 0.15) is 24.7 Å². The van der Waals surface area contributed by atoms with Gasteiger partial charge < -0.3 is 15.3 Å². The maximum atomic E-state index is 13.0. The van der Waals surface area contributed by atoms with Crippen molar-refractivity contribution in [2.24, 2.45) is 0 Å².